The van der Waals surface area contributed by atoms with Gasteiger partial charge in [-0.25, -0.2) is 36.9 Å². The predicted octanol–water partition coefficient (Wildman–Crippen LogP) is 2.78. The number of aromatic nitrogens is 2. The molecule has 336 valence electrons. The quantitative estimate of drug-likeness (QED) is 0.201. The molecule has 20 heteroatoms. The van der Waals surface area contributed by atoms with Crippen LogP contribution in [0.1, 0.15) is 43.9 Å². The lowest BCUT2D eigenvalue weighted by atomic mass is 9.97. The number of aliphatic hydroxyl groups excluding tert-OH is 2. The lowest BCUT2D eigenvalue weighted by Crippen LogP contribution is -2.64. The Morgan fingerprint density at radius 3 is 2.29 bits per heavy atom. The van der Waals surface area contributed by atoms with E-state index in [1.807, 2.05) is 36.9 Å². The summed E-state index contributed by atoms with van der Waals surface area (Å²) in [5.74, 6) is -1.15. The molecule has 1 aromatic heterocycles. The third-order valence-corrected chi connectivity index (χ3v) is 12.0. The van der Waals surface area contributed by atoms with E-state index in [-0.39, 0.29) is 30.2 Å². The van der Waals surface area contributed by atoms with Gasteiger partial charge in [0.05, 0.1) is 55.4 Å². The normalized spacial score (nSPS) is 19.1. The maximum absolute atomic E-state index is 13.5. The fourth-order valence-electron chi connectivity index (χ4n) is 7.30. The average Bonchev–Trinajstić information content (AvgIpc) is 3.67. The molecule has 3 aliphatic heterocycles. The summed E-state index contributed by atoms with van der Waals surface area (Å²) in [5.41, 5.74) is 2.93. The van der Waals surface area contributed by atoms with Gasteiger partial charge in [-0.1, -0.05) is 38.1 Å². The number of halogens is 1. The van der Waals surface area contributed by atoms with Crippen molar-refractivity contribution in [1.82, 2.24) is 29.6 Å². The third kappa shape index (κ3) is 11.4. The number of carboxylic acids is 1. The highest BCUT2D eigenvalue weighted by molar-refractivity contribution is 7.92. The number of rotatable bonds is 15. The van der Waals surface area contributed by atoms with Gasteiger partial charge in [0.25, 0.3) is 5.91 Å². The van der Waals surface area contributed by atoms with Gasteiger partial charge in [0.2, 0.25) is 16.0 Å². The Morgan fingerprint density at radius 1 is 1.02 bits per heavy atom. The number of methoxy groups -OCH3 is 1. The van der Waals surface area contributed by atoms with Crippen LogP contribution in [0, 0.1) is 5.82 Å². The molecule has 6 rings (SSSR count). The second-order valence-electron chi connectivity index (χ2n) is 15.6. The molecular formula is C42H56FN9O9S. The van der Waals surface area contributed by atoms with Gasteiger partial charge in [-0.3, -0.25) is 19.4 Å². The van der Waals surface area contributed by atoms with Crippen LogP contribution < -0.4 is 13.9 Å². The van der Waals surface area contributed by atoms with E-state index in [4.69, 9.17) is 9.84 Å². The summed E-state index contributed by atoms with van der Waals surface area (Å²) in [5, 5.41) is 28.8. The molecule has 0 spiro atoms. The van der Waals surface area contributed by atoms with E-state index in [1.165, 1.54) is 60.3 Å². The first-order valence-corrected chi connectivity index (χ1v) is 22.0. The lowest BCUT2D eigenvalue weighted by Gasteiger charge is -2.41. The number of aliphatic hydroxyl groups is 2. The number of piperazine rings is 1. The molecule has 18 nitrogen and oxygen atoms in total. The minimum atomic E-state index is -3.65. The van der Waals surface area contributed by atoms with Crippen LogP contribution in [-0.2, 0) is 19.6 Å². The van der Waals surface area contributed by atoms with Crippen LogP contribution in [0.3, 0.4) is 0 Å². The van der Waals surface area contributed by atoms with E-state index in [1.54, 1.807) is 20.5 Å². The summed E-state index contributed by atoms with van der Waals surface area (Å²) in [6, 6.07) is 12.9. The number of urea groups is 1. The molecular weight excluding hydrogens is 826 g/mol. The van der Waals surface area contributed by atoms with Crippen LogP contribution in [-0.4, -0.2) is 176 Å². The number of hydrogen-bond donors (Lipinski definition) is 3. The van der Waals surface area contributed by atoms with Crippen LogP contribution in [0.15, 0.2) is 59.6 Å². The fraction of sp³-hybridized carbons (Fsp3) is 0.476. The number of aliphatic carboxylic acids is 1. The van der Waals surface area contributed by atoms with Gasteiger partial charge in [0, 0.05) is 78.0 Å². The number of carbonyl (C=O) groups is 3. The van der Waals surface area contributed by atoms with Gasteiger partial charge in [-0.05, 0) is 42.3 Å². The zero-order chi connectivity index (χ0) is 45.5. The highest BCUT2D eigenvalue weighted by atomic mass is 32.2. The summed E-state index contributed by atoms with van der Waals surface area (Å²) < 4.78 is 44.1. The number of benzene rings is 2. The first-order valence-electron chi connectivity index (χ1n) is 20.1. The standard InChI is InChI=1S/C22H28FN3O6S.C20H28N6O3/c1-13(2)20-18(10-9-16(27)11-17(28)12-19(29)30)21(14-5-7-15(23)8-6-14)25-22(24-20)26(3)33(4,31)32;1-22-18-17(19(27)23(2)20(22)28)26(14-21-18)13-10-24-8-11-25(12-9-24)15-6-4-5-7-16(15)29-3/h5-10,13,16-17,27-28H,11-12H2,1-4H3,(H,29,30);4-7,14,17-18H,8-13H2,1-3H3/b10-9+;/t16-,17-;/m1./s1. The highest BCUT2D eigenvalue weighted by Crippen LogP contribution is 2.32. The number of ether oxygens (including phenoxy) is 1. The van der Waals surface area contributed by atoms with Crippen LogP contribution in [0.2, 0.25) is 0 Å². The van der Waals surface area contributed by atoms with E-state index >= 15 is 0 Å². The maximum atomic E-state index is 13.5. The monoisotopic (exact) mass is 881 g/mol. The second kappa shape index (κ2) is 20.4. The molecule has 0 aliphatic carbocycles. The molecule has 62 heavy (non-hydrogen) atoms. The average molecular weight is 882 g/mol. The smallest absolute Gasteiger partial charge is 0.328 e. The second-order valence-corrected chi connectivity index (χ2v) is 17.6. The summed E-state index contributed by atoms with van der Waals surface area (Å²) >= 11 is 0. The van der Waals surface area contributed by atoms with E-state index in [0.717, 1.165) is 54.7 Å². The van der Waals surface area contributed by atoms with Crippen molar-refractivity contribution in [3.05, 3.63) is 71.7 Å². The summed E-state index contributed by atoms with van der Waals surface area (Å²) in [6.07, 6.45) is 2.16. The molecule has 3 N–H and O–H groups in total. The number of nitrogens with zero attached hydrogens (tertiary/aromatic N) is 9. The molecule has 4 atom stereocenters. The van der Waals surface area contributed by atoms with Crippen molar-refractivity contribution in [1.29, 1.82) is 0 Å². The summed E-state index contributed by atoms with van der Waals surface area (Å²) in [7, 11) is 2.61. The molecule has 0 radical (unpaired) electrons. The Kier molecular flexibility index (Phi) is 15.6. The lowest BCUT2D eigenvalue weighted by molar-refractivity contribution is -0.139. The number of para-hydroxylation sites is 2. The van der Waals surface area contributed by atoms with Crippen molar-refractivity contribution in [2.24, 2.45) is 4.99 Å². The molecule has 0 saturated carbocycles. The van der Waals surface area contributed by atoms with Crippen LogP contribution in [0.25, 0.3) is 17.3 Å². The Balaban J connectivity index is 0.000000236. The van der Waals surface area contributed by atoms with Crippen molar-refractivity contribution in [3.63, 3.8) is 0 Å². The number of amides is 3. The van der Waals surface area contributed by atoms with Gasteiger partial charge < -0.3 is 34.8 Å². The van der Waals surface area contributed by atoms with Gasteiger partial charge in [-0.15, -0.1) is 0 Å². The van der Waals surface area contributed by atoms with Crippen molar-refractivity contribution in [3.8, 4) is 17.0 Å². The number of fused-ring (bicyclic) bond motifs is 1. The van der Waals surface area contributed by atoms with E-state index in [0.29, 0.717) is 29.1 Å². The number of carboxylic acid groups (broad SMARTS) is 1. The van der Waals surface area contributed by atoms with Gasteiger partial charge >= 0.3 is 12.0 Å². The highest BCUT2D eigenvalue weighted by Gasteiger charge is 2.48. The molecule has 3 amide bonds. The molecule has 2 unspecified atom stereocenters. The Labute approximate surface area is 361 Å². The van der Waals surface area contributed by atoms with Crippen molar-refractivity contribution in [2.75, 3.05) is 83.0 Å². The van der Waals surface area contributed by atoms with Gasteiger partial charge in [0.15, 0.2) is 12.2 Å². The van der Waals surface area contributed by atoms with Crippen molar-refractivity contribution >= 4 is 52.0 Å². The molecule has 3 aliphatic rings. The topological polar surface area (TPSA) is 213 Å². The van der Waals surface area contributed by atoms with Crippen molar-refractivity contribution < 1.29 is 47.2 Å². The van der Waals surface area contributed by atoms with E-state index in [9.17, 15) is 37.4 Å². The maximum Gasteiger partial charge on any atom is 0.328 e. The number of sulfonamides is 1. The SMILES string of the molecule is CC(C)c1nc(N(C)S(C)(=O)=O)nc(-c2ccc(F)cc2)c1/C=C/[C@@H](O)C[C@@H](O)CC(=O)O.COc1ccccc1N1CCN(CCN2C=NC3C2C(=O)N(C)C(=O)N3C)CC1. The first-order chi connectivity index (χ1) is 29.3. The number of hydrogen-bond acceptors (Lipinski definition) is 14. The van der Waals surface area contributed by atoms with Crippen LogP contribution in [0.4, 0.5) is 20.8 Å². The van der Waals surface area contributed by atoms with Gasteiger partial charge in [0.1, 0.15) is 11.6 Å². The molecule has 2 saturated heterocycles. The first kappa shape index (κ1) is 47.4. The minimum Gasteiger partial charge on any atom is -0.495 e. The zero-order valence-electron chi connectivity index (χ0n) is 36.0. The zero-order valence-corrected chi connectivity index (χ0v) is 36.8. The molecule has 2 aromatic carbocycles. The van der Waals surface area contributed by atoms with E-state index < -0.39 is 52.6 Å². The van der Waals surface area contributed by atoms with Crippen LogP contribution in [0.5, 0.6) is 5.75 Å². The molecule has 4 heterocycles. The summed E-state index contributed by atoms with van der Waals surface area (Å²) in [6.45, 7) is 9.02. The van der Waals surface area contributed by atoms with E-state index in [2.05, 4.69) is 30.8 Å². The number of carbonyl (C=O) groups excluding carboxylic acids is 2. The Morgan fingerprint density at radius 2 is 1.68 bits per heavy atom. The largest absolute Gasteiger partial charge is 0.495 e. The summed E-state index contributed by atoms with van der Waals surface area (Å²) in [4.78, 5) is 58.1. The minimum absolute atomic E-state index is 0.0601. The third-order valence-electron chi connectivity index (χ3n) is 10.9. The van der Waals surface area contributed by atoms with Crippen LogP contribution >= 0.6 is 0 Å². The predicted molar refractivity (Wildman–Crippen MR) is 233 cm³/mol. The van der Waals surface area contributed by atoms with Crippen molar-refractivity contribution in [2.45, 2.75) is 57.0 Å². The molecule has 0 bridgehead atoms. The Bertz CT molecular complexity index is 2240. The Hall–Kier alpha value is -5.70. The number of likely N-dealkylation sites (N-methyl/N-ethyl adjacent to an activating group) is 2. The molecule has 3 aromatic rings. The fourth-order valence-corrected chi connectivity index (χ4v) is 7.68. The number of anilines is 2. The number of imide groups is 1. The number of aliphatic imine (C=N–C) groups is 1. The van der Waals surface area contributed by atoms with Gasteiger partial charge in [-0.2, -0.15) is 0 Å². The molecule has 2 fully saturated rings.